The summed E-state index contributed by atoms with van der Waals surface area (Å²) in [6, 6.07) is 20.5. The molecule has 142 valence electrons. The first-order valence-corrected chi connectivity index (χ1v) is 10.5. The molecule has 0 bridgehead atoms. The van der Waals surface area contributed by atoms with Crippen molar-refractivity contribution in [2.45, 2.75) is 16.8 Å². The maximum absolute atomic E-state index is 4.90. The van der Waals surface area contributed by atoms with Gasteiger partial charge in [-0.3, -0.25) is 0 Å². The molecule has 4 rings (SSSR count). The lowest BCUT2D eigenvalue weighted by atomic mass is 10.1. The van der Waals surface area contributed by atoms with Crippen molar-refractivity contribution in [1.82, 2.24) is 30.2 Å². The number of thioether (sulfide) groups is 1. The second-order valence-corrected chi connectivity index (χ2v) is 8.00. The van der Waals surface area contributed by atoms with E-state index < -0.39 is 0 Å². The van der Waals surface area contributed by atoms with E-state index in [0.717, 1.165) is 45.7 Å². The molecule has 8 heteroatoms. The van der Waals surface area contributed by atoms with Gasteiger partial charge in [-0.25, -0.2) is 9.67 Å². The molecular weight excluding hydrogens is 388 g/mol. The fourth-order valence-corrected chi connectivity index (χ4v) is 4.19. The third-order valence-corrected chi connectivity index (χ3v) is 5.90. The number of nitrogens with one attached hydrogen (secondary N) is 1. The quantitative estimate of drug-likeness (QED) is 0.350. The number of hydrogen-bond acceptors (Lipinski definition) is 6. The van der Waals surface area contributed by atoms with Gasteiger partial charge in [-0.15, -0.1) is 5.10 Å². The van der Waals surface area contributed by atoms with Crippen LogP contribution in [-0.4, -0.2) is 35.9 Å². The van der Waals surface area contributed by atoms with Crippen molar-refractivity contribution in [2.75, 3.05) is 5.75 Å². The molecule has 28 heavy (non-hydrogen) atoms. The molecule has 0 aliphatic heterocycles. The Balaban J connectivity index is 1.57. The fraction of sp³-hybridized carbons (Fsp3) is 0.200. The highest BCUT2D eigenvalue weighted by atomic mass is 32.2. The number of nitrogens with zero attached hydrogens (tertiary/aromatic N) is 5. The van der Waals surface area contributed by atoms with E-state index >= 15 is 0 Å². The van der Waals surface area contributed by atoms with Crippen LogP contribution in [0.1, 0.15) is 17.5 Å². The topological polar surface area (TPSA) is 72.3 Å². The van der Waals surface area contributed by atoms with Crippen LogP contribution in [-0.2, 0) is 7.05 Å². The van der Waals surface area contributed by atoms with Crippen LogP contribution >= 0.6 is 24.4 Å². The summed E-state index contributed by atoms with van der Waals surface area (Å²) >= 11 is 6.41. The van der Waals surface area contributed by atoms with E-state index in [1.165, 1.54) is 0 Å². The van der Waals surface area contributed by atoms with Crippen LogP contribution < -0.4 is 0 Å². The van der Waals surface area contributed by atoms with Crippen LogP contribution in [0.2, 0.25) is 0 Å². The molecule has 2 heterocycles. The molecule has 0 aliphatic carbocycles. The monoisotopic (exact) mass is 408 g/mol. The third-order valence-electron chi connectivity index (χ3n) is 4.35. The number of rotatable bonds is 7. The van der Waals surface area contributed by atoms with Gasteiger partial charge in [0, 0.05) is 23.9 Å². The van der Waals surface area contributed by atoms with Crippen LogP contribution in [0.25, 0.3) is 22.5 Å². The second-order valence-electron chi connectivity index (χ2n) is 6.32. The van der Waals surface area contributed by atoms with Gasteiger partial charge in [0.2, 0.25) is 5.16 Å². The van der Waals surface area contributed by atoms with Crippen molar-refractivity contribution in [1.29, 1.82) is 0 Å². The Kier molecular flexibility index (Phi) is 5.78. The second kappa shape index (κ2) is 8.62. The Morgan fingerprint density at radius 1 is 1.04 bits per heavy atom. The molecule has 0 radical (unpaired) electrons. The average Bonchev–Trinajstić information content (AvgIpc) is 3.36. The smallest absolute Gasteiger partial charge is 0.209 e. The number of aryl methyl sites for hydroxylation is 1. The molecule has 4 aromatic rings. The number of thiol groups is 1. The molecule has 0 fully saturated rings. The van der Waals surface area contributed by atoms with Gasteiger partial charge in [-0.1, -0.05) is 72.4 Å². The van der Waals surface area contributed by atoms with E-state index in [4.69, 9.17) is 17.6 Å². The Labute approximate surface area is 173 Å². The Hall–Kier alpha value is -2.58. The zero-order valence-corrected chi connectivity index (χ0v) is 17.1. The number of tetrazole rings is 1. The average molecular weight is 409 g/mol. The van der Waals surface area contributed by atoms with Crippen LogP contribution in [0, 0.1) is 0 Å². The largest absolute Gasteiger partial charge is 0.341 e. The first kappa shape index (κ1) is 18.8. The number of aromatic amines is 1. The van der Waals surface area contributed by atoms with Crippen LogP contribution in [0.5, 0.6) is 0 Å². The van der Waals surface area contributed by atoms with Gasteiger partial charge in [0.15, 0.2) is 0 Å². The normalized spacial score (nSPS) is 12.2. The summed E-state index contributed by atoms with van der Waals surface area (Å²) < 4.78 is 1.67. The zero-order valence-electron chi connectivity index (χ0n) is 15.4. The predicted molar refractivity (Wildman–Crippen MR) is 115 cm³/mol. The van der Waals surface area contributed by atoms with Gasteiger partial charge in [0.05, 0.1) is 16.6 Å². The van der Waals surface area contributed by atoms with Gasteiger partial charge >= 0.3 is 0 Å². The van der Waals surface area contributed by atoms with E-state index in [2.05, 4.69) is 44.8 Å². The number of hydrogen-bond donors (Lipinski definition) is 2. The predicted octanol–water partition coefficient (Wildman–Crippen LogP) is 4.42. The number of aromatic nitrogens is 6. The minimum absolute atomic E-state index is 0.00592. The molecule has 6 nitrogen and oxygen atoms in total. The van der Waals surface area contributed by atoms with Gasteiger partial charge < -0.3 is 4.98 Å². The highest BCUT2D eigenvalue weighted by Gasteiger charge is 2.18. The van der Waals surface area contributed by atoms with Gasteiger partial charge in [0.1, 0.15) is 5.82 Å². The van der Waals surface area contributed by atoms with Crippen molar-refractivity contribution in [3.8, 4) is 22.5 Å². The first-order valence-electron chi connectivity index (χ1n) is 8.96. The van der Waals surface area contributed by atoms with E-state index in [1.54, 1.807) is 16.4 Å². The van der Waals surface area contributed by atoms with Gasteiger partial charge in [-0.2, -0.15) is 12.6 Å². The molecule has 1 unspecified atom stereocenters. The van der Waals surface area contributed by atoms with Crippen LogP contribution in [0.3, 0.4) is 0 Å². The Morgan fingerprint density at radius 3 is 2.36 bits per heavy atom. The molecule has 2 aromatic carbocycles. The summed E-state index contributed by atoms with van der Waals surface area (Å²) in [6.07, 6.45) is 0.844. The van der Waals surface area contributed by atoms with Crippen LogP contribution in [0.4, 0.5) is 0 Å². The third kappa shape index (κ3) is 4.13. The summed E-state index contributed by atoms with van der Waals surface area (Å²) in [4.78, 5) is 8.41. The molecule has 0 saturated carbocycles. The summed E-state index contributed by atoms with van der Waals surface area (Å²) in [6.45, 7) is 0. The van der Waals surface area contributed by atoms with Crippen molar-refractivity contribution in [3.05, 3.63) is 66.5 Å². The maximum atomic E-state index is 4.90. The molecule has 2 aromatic heterocycles. The first-order chi connectivity index (χ1) is 13.7. The molecule has 0 aliphatic rings. The summed E-state index contributed by atoms with van der Waals surface area (Å²) in [5.41, 5.74) is 4.17. The molecule has 0 amide bonds. The maximum Gasteiger partial charge on any atom is 0.209 e. The molecule has 0 spiro atoms. The van der Waals surface area contributed by atoms with Gasteiger partial charge in [-0.05, 0) is 16.8 Å². The molecular formula is C20H20N6S2. The van der Waals surface area contributed by atoms with Crippen LogP contribution in [0.15, 0.2) is 65.8 Å². The minimum Gasteiger partial charge on any atom is -0.341 e. The molecule has 0 saturated heterocycles. The lowest BCUT2D eigenvalue weighted by molar-refractivity contribution is 0.664. The highest BCUT2D eigenvalue weighted by Crippen LogP contribution is 2.34. The van der Waals surface area contributed by atoms with Crippen molar-refractivity contribution in [2.24, 2.45) is 7.05 Å². The lowest BCUT2D eigenvalue weighted by Gasteiger charge is -2.06. The van der Waals surface area contributed by atoms with E-state index in [-0.39, 0.29) is 5.25 Å². The van der Waals surface area contributed by atoms with Crippen molar-refractivity contribution < 1.29 is 0 Å². The Morgan fingerprint density at radius 2 is 1.71 bits per heavy atom. The van der Waals surface area contributed by atoms with Crippen molar-refractivity contribution in [3.63, 3.8) is 0 Å². The van der Waals surface area contributed by atoms with Gasteiger partial charge in [0.25, 0.3) is 0 Å². The Bertz CT molecular complexity index is 972. The van der Waals surface area contributed by atoms with E-state index in [0.29, 0.717) is 0 Å². The van der Waals surface area contributed by atoms with Crippen molar-refractivity contribution >= 4 is 24.4 Å². The van der Waals surface area contributed by atoms with E-state index in [1.807, 2.05) is 43.4 Å². The fourth-order valence-electron chi connectivity index (χ4n) is 2.91. The number of benzene rings is 2. The highest BCUT2D eigenvalue weighted by molar-refractivity contribution is 7.99. The standard InChI is InChI=1S/C20H20N6S2/c1-26-20(23-24-25-26)28-13-12-16(27)19-21-17(14-8-4-2-5-9-14)18(22-19)15-10-6-3-7-11-15/h2-11,16,27H,12-13H2,1H3,(H,21,22). The number of imidazole rings is 1. The summed E-state index contributed by atoms with van der Waals surface area (Å²) in [5, 5.41) is 12.3. The summed E-state index contributed by atoms with van der Waals surface area (Å²) in [5.74, 6) is 1.72. The lowest BCUT2D eigenvalue weighted by Crippen LogP contribution is -1.98. The number of H-pyrrole nitrogens is 1. The summed E-state index contributed by atoms with van der Waals surface area (Å²) in [7, 11) is 1.84. The molecule has 1 N–H and O–H groups in total. The zero-order chi connectivity index (χ0) is 19.3. The SMILES string of the molecule is Cn1nnnc1SCCC(S)c1nc(-c2ccccc2)c(-c2ccccc2)[nH]1. The minimum atomic E-state index is -0.00592. The van der Waals surface area contributed by atoms with E-state index in [9.17, 15) is 0 Å². The molecule has 1 atom stereocenters.